The van der Waals surface area contributed by atoms with Gasteiger partial charge in [-0.2, -0.15) is 10.2 Å². The maximum atomic E-state index is 12.6. The van der Waals surface area contributed by atoms with E-state index in [1.54, 1.807) is 0 Å². The molecular weight excluding hydrogens is 588 g/mol. The Morgan fingerprint density at radius 1 is 1.29 bits per heavy atom. The molecule has 5 atom stereocenters. The molecule has 12 heteroatoms. The van der Waals surface area contributed by atoms with Crippen molar-refractivity contribution in [2.24, 2.45) is 0 Å². The minimum atomic E-state index is -0.546. The molecule has 5 heterocycles. The number of amides is 1. The van der Waals surface area contributed by atoms with Gasteiger partial charge in [-0.25, -0.2) is 4.98 Å². The number of likely N-dealkylation sites (N-methyl/N-ethyl adjacent to an activating group) is 1. The van der Waals surface area contributed by atoms with E-state index < -0.39 is 5.41 Å². The smallest absolute Gasteiger partial charge is 0.246 e. The highest BCUT2D eigenvalue weighted by Gasteiger charge is 2.42. The molecule has 1 amide bonds. The molecule has 0 saturated carbocycles. The normalized spacial score (nSPS) is 25.9. The lowest BCUT2D eigenvalue weighted by Gasteiger charge is -2.44. The molecule has 0 bridgehead atoms. The van der Waals surface area contributed by atoms with E-state index in [1.807, 2.05) is 30.9 Å². The van der Waals surface area contributed by atoms with Crippen LogP contribution >= 0.6 is 11.3 Å². The van der Waals surface area contributed by atoms with E-state index in [2.05, 4.69) is 48.5 Å². The summed E-state index contributed by atoms with van der Waals surface area (Å²) < 4.78 is 12.5. The molecule has 3 aromatic rings. The van der Waals surface area contributed by atoms with E-state index >= 15 is 0 Å². The molecule has 45 heavy (non-hydrogen) atoms. The van der Waals surface area contributed by atoms with E-state index in [9.17, 15) is 10.1 Å². The van der Waals surface area contributed by atoms with E-state index in [-0.39, 0.29) is 24.1 Å². The molecule has 2 saturated heterocycles. The fraction of sp³-hybridized carbons (Fsp3) is 0.545. The van der Waals surface area contributed by atoms with Gasteiger partial charge in [0.2, 0.25) is 11.8 Å². The van der Waals surface area contributed by atoms with Gasteiger partial charge >= 0.3 is 0 Å². The molecule has 0 radical (unpaired) electrons. The number of anilines is 2. The number of rotatable bonds is 7. The number of piperazine rings is 1. The van der Waals surface area contributed by atoms with Crippen LogP contribution in [0.1, 0.15) is 75.1 Å². The van der Waals surface area contributed by atoms with Gasteiger partial charge in [-0.05, 0) is 85.0 Å². The Kier molecular flexibility index (Phi) is 8.35. The molecular formula is C33H42N8O3S. The van der Waals surface area contributed by atoms with Crippen LogP contribution in [0.3, 0.4) is 0 Å². The Labute approximate surface area is 268 Å². The third-order valence-corrected chi connectivity index (χ3v) is 10.9. The van der Waals surface area contributed by atoms with Crippen molar-refractivity contribution in [3.63, 3.8) is 0 Å². The van der Waals surface area contributed by atoms with Gasteiger partial charge in [0, 0.05) is 48.2 Å². The summed E-state index contributed by atoms with van der Waals surface area (Å²) >= 11 is 1.49. The number of hydrogen-bond donors (Lipinski definition) is 1. The second-order valence-corrected chi connectivity index (χ2v) is 14.1. The number of nitriles is 1. The van der Waals surface area contributed by atoms with Crippen molar-refractivity contribution in [1.82, 2.24) is 24.9 Å². The van der Waals surface area contributed by atoms with Crippen LogP contribution in [0.15, 0.2) is 29.3 Å². The Balaban J connectivity index is 1.37. The van der Waals surface area contributed by atoms with E-state index in [0.717, 1.165) is 49.1 Å². The topological polar surface area (TPSA) is 138 Å². The number of hydrogen-bond acceptors (Lipinski definition) is 11. The quantitative estimate of drug-likeness (QED) is 0.364. The number of nitrogens with zero attached hydrogens (tertiary/aromatic N) is 7. The van der Waals surface area contributed by atoms with Crippen molar-refractivity contribution in [1.29, 1.82) is 5.26 Å². The van der Waals surface area contributed by atoms with Crippen molar-refractivity contribution >= 4 is 28.1 Å². The predicted molar refractivity (Wildman–Crippen MR) is 174 cm³/mol. The molecule has 1 aliphatic carbocycles. The monoisotopic (exact) mass is 630 g/mol. The molecule has 0 unspecified atom stereocenters. The molecule has 3 aliphatic rings. The highest BCUT2D eigenvalue weighted by Crippen LogP contribution is 2.49. The number of carbonyl (C=O) groups is 1. The maximum Gasteiger partial charge on any atom is 0.246 e. The molecule has 11 nitrogen and oxygen atoms in total. The first kappa shape index (κ1) is 31.0. The molecule has 6 rings (SSSR count). The summed E-state index contributed by atoms with van der Waals surface area (Å²) in [5.41, 5.74) is 7.69. The van der Waals surface area contributed by atoms with Gasteiger partial charge in [0.25, 0.3) is 0 Å². The molecule has 0 spiro atoms. The lowest BCUT2D eigenvalue weighted by atomic mass is 9.71. The number of carbonyl (C=O) groups excluding carboxylic acids is 1. The van der Waals surface area contributed by atoms with E-state index in [1.165, 1.54) is 17.4 Å². The number of likely N-dealkylation sites (tertiary alicyclic amines) is 1. The Bertz CT molecular complexity index is 1630. The third-order valence-electron chi connectivity index (χ3n) is 9.82. The first-order valence-corrected chi connectivity index (χ1v) is 16.6. The minimum absolute atomic E-state index is 0.0421. The van der Waals surface area contributed by atoms with Gasteiger partial charge in [-0.15, -0.1) is 11.3 Å². The molecule has 3 aromatic heterocycles. The van der Waals surface area contributed by atoms with Crippen LogP contribution in [0.5, 0.6) is 5.88 Å². The Morgan fingerprint density at radius 2 is 2.04 bits per heavy atom. The SMILES string of the molecule is C=CC(=O)N1[C@@H](C)CN(c2cc(O[C@@H](C)[C@@H]3CCCN3C)nc(-c3cc([C@@]4(C)CCCc5sc(N)c(C#N)c54)on3)n2)C[C@@H]1C. The molecule has 2 aliphatic heterocycles. The summed E-state index contributed by atoms with van der Waals surface area (Å²) in [7, 11) is 2.13. The van der Waals surface area contributed by atoms with E-state index in [0.29, 0.717) is 58.7 Å². The number of nitrogen functional groups attached to an aromatic ring is 1. The van der Waals surface area contributed by atoms with Gasteiger partial charge in [-0.1, -0.05) is 11.7 Å². The van der Waals surface area contributed by atoms with Crippen LogP contribution in [0.4, 0.5) is 10.8 Å². The Morgan fingerprint density at radius 3 is 2.71 bits per heavy atom. The third kappa shape index (κ3) is 5.57. The van der Waals surface area contributed by atoms with Crippen LogP contribution < -0.4 is 15.4 Å². The van der Waals surface area contributed by atoms with Gasteiger partial charge in [0.1, 0.15) is 28.8 Å². The highest BCUT2D eigenvalue weighted by molar-refractivity contribution is 7.16. The summed E-state index contributed by atoms with van der Waals surface area (Å²) in [5, 5.41) is 14.9. The minimum Gasteiger partial charge on any atom is -0.473 e. The predicted octanol–water partition coefficient (Wildman–Crippen LogP) is 4.76. The lowest BCUT2D eigenvalue weighted by molar-refractivity contribution is -0.130. The van der Waals surface area contributed by atoms with Crippen LogP contribution in [0.25, 0.3) is 11.5 Å². The summed E-state index contributed by atoms with van der Waals surface area (Å²) in [6.45, 7) is 14.2. The largest absolute Gasteiger partial charge is 0.473 e. The molecule has 0 aromatic carbocycles. The first-order valence-electron chi connectivity index (χ1n) is 15.8. The van der Waals surface area contributed by atoms with Gasteiger partial charge in [-0.3, -0.25) is 9.69 Å². The number of aromatic nitrogens is 3. The summed E-state index contributed by atoms with van der Waals surface area (Å²) in [6.07, 6.45) is 6.18. The fourth-order valence-corrected chi connectivity index (χ4v) is 8.77. The van der Waals surface area contributed by atoms with Gasteiger partial charge < -0.3 is 24.8 Å². The van der Waals surface area contributed by atoms with Crippen molar-refractivity contribution in [3.05, 3.63) is 46.6 Å². The zero-order valence-electron chi connectivity index (χ0n) is 26.7. The van der Waals surface area contributed by atoms with E-state index in [4.69, 9.17) is 25.0 Å². The second kappa shape index (κ2) is 12.1. The number of fused-ring (bicyclic) bond motifs is 1. The standard InChI is InChI=1S/C33H42N8O3S/c1-7-29(42)41-19(2)17-40(18-20(41)3)27-15-28(43-21(4)24-10-9-13-39(24)6)37-32(36-27)23-14-26(44-38-23)33(5)12-8-11-25-30(33)22(16-34)31(35)45-25/h7,14-15,19-21,24H,1,8-13,17-18,35H2,2-6H3/t19-,20-,21-,24-,33+/m0/s1. The van der Waals surface area contributed by atoms with Crippen molar-refractivity contribution < 1.29 is 14.1 Å². The first-order chi connectivity index (χ1) is 21.5. The second-order valence-electron chi connectivity index (χ2n) is 13.0. The average Bonchev–Trinajstić information content (AvgIpc) is 3.75. The van der Waals surface area contributed by atoms with Gasteiger partial charge in [0.15, 0.2) is 11.5 Å². The number of ether oxygens (including phenoxy) is 1. The summed E-state index contributed by atoms with van der Waals surface area (Å²) in [6, 6.07) is 6.33. The average molecular weight is 631 g/mol. The lowest BCUT2D eigenvalue weighted by Crippen LogP contribution is -2.58. The van der Waals surface area contributed by atoms with Crippen LogP contribution in [0, 0.1) is 11.3 Å². The zero-order valence-corrected chi connectivity index (χ0v) is 27.6. The summed E-state index contributed by atoms with van der Waals surface area (Å²) in [5.74, 6) is 2.17. The Hall–Kier alpha value is -3.95. The number of nitrogens with two attached hydrogens (primary N) is 1. The van der Waals surface area contributed by atoms with Gasteiger partial charge in [0.05, 0.1) is 11.0 Å². The van der Waals surface area contributed by atoms with Crippen molar-refractivity contribution in [2.75, 3.05) is 37.3 Å². The number of aryl methyl sites for hydroxylation is 1. The molecule has 2 N–H and O–H groups in total. The maximum absolute atomic E-state index is 12.6. The number of thiophene rings is 1. The summed E-state index contributed by atoms with van der Waals surface area (Å²) in [4.78, 5) is 29.9. The zero-order chi connectivity index (χ0) is 32.0. The van der Waals surface area contributed by atoms with Crippen LogP contribution in [-0.4, -0.2) is 81.7 Å². The highest BCUT2D eigenvalue weighted by atomic mass is 32.1. The molecule has 2 fully saturated rings. The van der Waals surface area contributed by atoms with Crippen LogP contribution in [-0.2, 0) is 16.6 Å². The fourth-order valence-electron chi connectivity index (χ4n) is 7.58. The molecule has 238 valence electrons. The van der Waals surface area contributed by atoms with Crippen LogP contribution in [0.2, 0.25) is 0 Å². The van der Waals surface area contributed by atoms with Crippen molar-refractivity contribution in [3.8, 4) is 23.5 Å². The van der Waals surface area contributed by atoms with Crippen molar-refractivity contribution in [2.45, 2.75) is 89.4 Å².